The minimum atomic E-state index is -0.652. The number of hydrogen-bond acceptors (Lipinski definition) is 5. The van der Waals surface area contributed by atoms with Crippen LogP contribution in [0.25, 0.3) is 0 Å². The standard InChI is InChI=1S/C21H33BO5/c1-9-25-17(23)13-16(22-26-20(5,6)21(7,8)27-22)14-11-10-12-15(18(14)24)19(2,3)4/h10-12,16,24H,9,13H2,1-8H3. The second-order valence-corrected chi connectivity index (χ2v) is 9.23. The molecule has 1 aliphatic rings. The second-order valence-electron chi connectivity index (χ2n) is 9.23. The molecule has 1 N–H and O–H groups in total. The van der Waals surface area contributed by atoms with Gasteiger partial charge in [-0.1, -0.05) is 39.0 Å². The van der Waals surface area contributed by atoms with Crippen LogP contribution in [0, 0.1) is 0 Å². The van der Waals surface area contributed by atoms with E-state index in [9.17, 15) is 9.90 Å². The van der Waals surface area contributed by atoms with Crippen molar-refractivity contribution in [2.45, 2.75) is 84.2 Å². The van der Waals surface area contributed by atoms with E-state index in [0.29, 0.717) is 12.2 Å². The van der Waals surface area contributed by atoms with Crippen molar-refractivity contribution in [1.82, 2.24) is 0 Å². The highest BCUT2D eigenvalue weighted by molar-refractivity contribution is 6.48. The number of carbonyl (C=O) groups is 1. The lowest BCUT2D eigenvalue weighted by molar-refractivity contribution is -0.143. The summed E-state index contributed by atoms with van der Waals surface area (Å²) < 4.78 is 17.6. The van der Waals surface area contributed by atoms with Crippen LogP contribution in [0.2, 0.25) is 0 Å². The normalized spacial score (nSPS) is 19.8. The molecule has 1 aromatic carbocycles. The number of para-hydroxylation sites is 1. The molecule has 1 fully saturated rings. The highest BCUT2D eigenvalue weighted by Crippen LogP contribution is 2.45. The van der Waals surface area contributed by atoms with Gasteiger partial charge in [-0.25, -0.2) is 0 Å². The first-order valence-corrected chi connectivity index (χ1v) is 9.64. The second kappa shape index (κ2) is 7.48. The van der Waals surface area contributed by atoms with Crippen molar-refractivity contribution in [3.05, 3.63) is 29.3 Å². The minimum Gasteiger partial charge on any atom is -0.507 e. The molecule has 0 bridgehead atoms. The zero-order chi connectivity index (χ0) is 20.6. The average Bonchev–Trinajstić information content (AvgIpc) is 2.72. The van der Waals surface area contributed by atoms with Crippen LogP contribution in [0.4, 0.5) is 0 Å². The highest BCUT2D eigenvalue weighted by Gasteiger charge is 2.54. The van der Waals surface area contributed by atoms with E-state index in [2.05, 4.69) is 0 Å². The third kappa shape index (κ3) is 4.49. The third-order valence-electron chi connectivity index (χ3n) is 5.57. The lowest BCUT2D eigenvalue weighted by atomic mass is 9.65. The molecule has 6 heteroatoms. The molecule has 1 aliphatic heterocycles. The minimum absolute atomic E-state index is 0.0752. The van der Waals surface area contributed by atoms with E-state index < -0.39 is 24.1 Å². The molecule has 0 aromatic heterocycles. The van der Waals surface area contributed by atoms with Gasteiger partial charge in [-0.05, 0) is 51.2 Å². The van der Waals surface area contributed by atoms with Gasteiger partial charge in [-0.3, -0.25) is 4.79 Å². The molecular formula is C21H33BO5. The molecule has 150 valence electrons. The maximum Gasteiger partial charge on any atom is 0.466 e. The van der Waals surface area contributed by atoms with Crippen molar-refractivity contribution < 1.29 is 23.9 Å². The summed E-state index contributed by atoms with van der Waals surface area (Å²) in [4.78, 5) is 12.3. The van der Waals surface area contributed by atoms with Gasteiger partial charge in [0.25, 0.3) is 0 Å². The smallest absolute Gasteiger partial charge is 0.466 e. The van der Waals surface area contributed by atoms with Crippen LogP contribution < -0.4 is 0 Å². The topological polar surface area (TPSA) is 65.0 Å². The summed E-state index contributed by atoms with van der Waals surface area (Å²) in [5.41, 5.74) is 0.188. The maximum atomic E-state index is 12.3. The zero-order valence-corrected chi connectivity index (χ0v) is 17.9. The molecule has 1 unspecified atom stereocenters. The molecule has 0 radical (unpaired) electrons. The van der Waals surface area contributed by atoms with Gasteiger partial charge in [0.2, 0.25) is 0 Å². The lowest BCUT2D eigenvalue weighted by Crippen LogP contribution is -2.41. The molecular weight excluding hydrogens is 343 g/mol. The van der Waals surface area contributed by atoms with Crippen LogP contribution >= 0.6 is 0 Å². The number of carbonyl (C=O) groups excluding carboxylic acids is 1. The quantitative estimate of drug-likeness (QED) is 0.611. The van der Waals surface area contributed by atoms with Gasteiger partial charge in [0.1, 0.15) is 5.75 Å². The summed E-state index contributed by atoms with van der Waals surface area (Å²) in [7, 11) is -0.652. The Balaban J connectivity index is 2.48. The van der Waals surface area contributed by atoms with Crippen molar-refractivity contribution in [3.63, 3.8) is 0 Å². The number of phenolic OH excluding ortho intramolecular Hbond substituents is 1. The largest absolute Gasteiger partial charge is 0.507 e. The highest BCUT2D eigenvalue weighted by atomic mass is 16.7. The third-order valence-corrected chi connectivity index (χ3v) is 5.57. The van der Waals surface area contributed by atoms with E-state index in [-0.39, 0.29) is 23.6 Å². The Bertz CT molecular complexity index is 674. The van der Waals surface area contributed by atoms with Gasteiger partial charge >= 0.3 is 13.1 Å². The van der Waals surface area contributed by atoms with Gasteiger partial charge in [-0.2, -0.15) is 0 Å². The first kappa shape index (κ1) is 21.8. The number of benzene rings is 1. The number of ether oxygens (including phenoxy) is 1. The van der Waals surface area contributed by atoms with E-state index in [1.54, 1.807) is 6.92 Å². The van der Waals surface area contributed by atoms with Gasteiger partial charge in [-0.15, -0.1) is 0 Å². The predicted molar refractivity (Wildman–Crippen MR) is 107 cm³/mol. The van der Waals surface area contributed by atoms with Gasteiger partial charge in [0.05, 0.1) is 24.2 Å². The number of rotatable bonds is 5. The van der Waals surface area contributed by atoms with Crippen LogP contribution in [-0.2, 0) is 24.3 Å². The van der Waals surface area contributed by atoms with Crippen LogP contribution in [0.3, 0.4) is 0 Å². The average molecular weight is 376 g/mol. The maximum absolute atomic E-state index is 12.3. The molecule has 0 amide bonds. The molecule has 0 spiro atoms. The van der Waals surface area contributed by atoms with E-state index in [0.717, 1.165) is 5.56 Å². The monoisotopic (exact) mass is 376 g/mol. The molecule has 5 nitrogen and oxygen atoms in total. The summed E-state index contributed by atoms with van der Waals surface area (Å²) >= 11 is 0. The zero-order valence-electron chi connectivity index (χ0n) is 17.9. The van der Waals surface area contributed by atoms with E-state index in [1.807, 2.05) is 66.7 Å². The van der Waals surface area contributed by atoms with Gasteiger partial charge < -0.3 is 19.2 Å². The first-order valence-electron chi connectivity index (χ1n) is 9.64. The molecule has 1 atom stereocenters. The number of hydrogen-bond donors (Lipinski definition) is 1. The summed E-state index contributed by atoms with van der Waals surface area (Å²) in [5.74, 6) is -0.612. The summed E-state index contributed by atoms with van der Waals surface area (Å²) in [6, 6.07) is 5.64. The fraction of sp³-hybridized carbons (Fsp3) is 0.667. The number of aromatic hydroxyl groups is 1. The Morgan fingerprint density at radius 3 is 2.22 bits per heavy atom. The van der Waals surface area contributed by atoms with Gasteiger partial charge in [0.15, 0.2) is 0 Å². The van der Waals surface area contributed by atoms with E-state index in [4.69, 9.17) is 14.0 Å². The van der Waals surface area contributed by atoms with Crippen molar-refractivity contribution in [3.8, 4) is 5.75 Å². The van der Waals surface area contributed by atoms with Crippen LogP contribution in [0.5, 0.6) is 5.75 Å². The molecule has 1 heterocycles. The Kier molecular flexibility index (Phi) is 6.03. The van der Waals surface area contributed by atoms with Gasteiger partial charge in [0, 0.05) is 5.82 Å². The van der Waals surface area contributed by atoms with Crippen LogP contribution in [0.1, 0.15) is 78.8 Å². The van der Waals surface area contributed by atoms with E-state index in [1.165, 1.54) is 0 Å². The fourth-order valence-electron chi connectivity index (χ4n) is 3.27. The molecule has 27 heavy (non-hydrogen) atoms. The summed E-state index contributed by atoms with van der Waals surface area (Å²) in [5, 5.41) is 11.0. The molecule has 1 saturated heterocycles. The van der Waals surface area contributed by atoms with Crippen LogP contribution in [0.15, 0.2) is 18.2 Å². The fourth-order valence-corrected chi connectivity index (χ4v) is 3.27. The van der Waals surface area contributed by atoms with Crippen molar-refractivity contribution in [2.75, 3.05) is 6.61 Å². The summed E-state index contributed by atoms with van der Waals surface area (Å²) in [6.45, 7) is 16.1. The Labute approximate surface area is 163 Å². The van der Waals surface area contributed by atoms with Crippen LogP contribution in [-0.4, -0.2) is 36.0 Å². The van der Waals surface area contributed by atoms with E-state index >= 15 is 0 Å². The Morgan fingerprint density at radius 2 is 1.74 bits per heavy atom. The summed E-state index contributed by atoms with van der Waals surface area (Å²) in [6.07, 6.45) is 0.0752. The van der Waals surface area contributed by atoms with Crippen molar-refractivity contribution >= 4 is 13.1 Å². The molecule has 1 aromatic rings. The lowest BCUT2D eigenvalue weighted by Gasteiger charge is -2.32. The van der Waals surface area contributed by atoms with Crippen molar-refractivity contribution in [1.29, 1.82) is 0 Å². The Hall–Kier alpha value is -1.53. The molecule has 2 rings (SSSR count). The number of phenols is 1. The molecule has 0 saturated carbocycles. The molecule has 0 aliphatic carbocycles. The first-order chi connectivity index (χ1) is 12.3. The predicted octanol–water partition coefficient (Wildman–Crippen LogP) is 4.36. The SMILES string of the molecule is CCOC(=O)CC(B1OC(C)(C)C(C)(C)O1)c1cccc(C(C)(C)C)c1O. The number of esters is 1. The Morgan fingerprint density at radius 1 is 1.19 bits per heavy atom. The van der Waals surface area contributed by atoms with Crippen molar-refractivity contribution in [2.24, 2.45) is 0 Å².